The van der Waals surface area contributed by atoms with E-state index in [1.54, 1.807) is 6.07 Å². The van der Waals surface area contributed by atoms with Crippen LogP contribution in [0.15, 0.2) is 41.4 Å². The highest BCUT2D eigenvalue weighted by Gasteiger charge is 2.73. The molecule has 4 saturated carbocycles. The maximum absolute atomic E-state index is 13.1. The number of nitrogens with zero attached hydrogens (tertiary/aromatic N) is 1. The molecule has 2 saturated heterocycles. The number of aliphatic hydroxyl groups is 4. The largest absolute Gasteiger partial charge is 0.504 e. The summed E-state index contributed by atoms with van der Waals surface area (Å²) in [6.07, 6.45) is 23.0. The minimum absolute atomic E-state index is 0.0511. The molecule has 73 heavy (non-hydrogen) atoms. The highest BCUT2D eigenvalue weighted by Crippen LogP contribution is 2.76. The lowest BCUT2D eigenvalue weighted by Gasteiger charge is -2.71. The number of phenols is 1. The van der Waals surface area contributed by atoms with E-state index in [1.165, 1.54) is 64.4 Å². The zero-order chi connectivity index (χ0) is 50.3. The van der Waals surface area contributed by atoms with Gasteiger partial charge in [0.2, 0.25) is 0 Å². The average Bonchev–Trinajstić information content (AvgIpc) is 3.99. The van der Waals surface area contributed by atoms with E-state index in [4.69, 9.17) is 20.2 Å². The first-order chi connectivity index (χ1) is 35.3. The lowest BCUT2D eigenvalue weighted by molar-refractivity contribution is -0.162. The maximum Gasteiger partial charge on any atom is 0.302 e. The number of phenolic OH excluding ortho intramolecular Hbond substituents is 1. The van der Waals surface area contributed by atoms with Crippen molar-refractivity contribution in [3.63, 3.8) is 0 Å². The SMILES string of the molecule is CC(=O)OC1CC(O)CCC23C#CC4CCCC5(CC(CCN5)Oc5cc(c(C(O)O)cc5O)CC41)C1CCC(CN1)SSCC1(CC45CCCC4C=CC4C5CCC5CCCC541)NC(N)=NC2C=CCC3O. The summed E-state index contributed by atoms with van der Waals surface area (Å²) in [6.45, 7) is 3.03. The number of piperidine rings is 2. The van der Waals surface area contributed by atoms with Gasteiger partial charge in [0.05, 0.1) is 29.2 Å². The number of carbonyl (C=O) groups is 1. The normalized spacial score (nSPS) is 46.1. The van der Waals surface area contributed by atoms with Gasteiger partial charge in [-0.2, -0.15) is 0 Å². The molecule has 0 amide bonds. The average molecular weight is 1040 g/mol. The number of hydrogen-bond acceptors (Lipinski definition) is 15. The molecule has 0 aromatic heterocycles. The smallest absolute Gasteiger partial charge is 0.302 e. The fraction of sp³-hybridized carbons (Fsp3) is 0.759. The topological polar surface area (TPSA) is 211 Å². The minimum Gasteiger partial charge on any atom is -0.504 e. The molecule has 5 aliphatic heterocycles. The number of carbonyl (C=O) groups excluding carboxylic acids is 1. The van der Waals surface area contributed by atoms with Crippen molar-refractivity contribution in [3.8, 4) is 23.3 Å². The molecule has 0 radical (unpaired) electrons. The third-order valence-electron chi connectivity index (χ3n) is 21.5. The summed E-state index contributed by atoms with van der Waals surface area (Å²) in [4.78, 5) is 18.6. The molecule has 1 aromatic carbocycles. The van der Waals surface area contributed by atoms with Crippen molar-refractivity contribution < 1.29 is 39.8 Å². The van der Waals surface area contributed by atoms with E-state index in [-0.39, 0.29) is 70.4 Å². The second-order valence-corrected chi connectivity index (χ2v) is 27.6. The number of allylic oxidation sites excluding steroid dienone is 2. The first kappa shape index (κ1) is 50.9. The van der Waals surface area contributed by atoms with Crippen molar-refractivity contribution in [1.82, 2.24) is 16.0 Å². The molecule has 5 heterocycles. The zero-order valence-corrected chi connectivity index (χ0v) is 44.5. The van der Waals surface area contributed by atoms with Gasteiger partial charge in [-0.25, -0.2) is 4.99 Å². The summed E-state index contributed by atoms with van der Waals surface area (Å²) in [7, 11) is 4.13. The summed E-state index contributed by atoms with van der Waals surface area (Å²) >= 11 is 0. The van der Waals surface area contributed by atoms with Crippen LogP contribution in [-0.2, 0) is 16.0 Å². The molecule has 15 heteroatoms. The molecule has 5 spiro atoms. The number of rotatable bonds is 2. The van der Waals surface area contributed by atoms with Crippen LogP contribution in [0, 0.1) is 63.6 Å². The van der Waals surface area contributed by atoms with Gasteiger partial charge in [0.25, 0.3) is 0 Å². The molecular weight excluding hydrogens is 959 g/mol. The first-order valence-electron chi connectivity index (χ1n) is 28.4. The third kappa shape index (κ3) is 8.69. The molecule has 1 aromatic rings. The number of fused-ring (bicyclic) bond motifs is 8. The lowest BCUT2D eigenvalue weighted by atomic mass is 9.36. The molecule has 12 aliphatic rings. The Balaban J connectivity index is 1.02. The summed E-state index contributed by atoms with van der Waals surface area (Å²) in [5.74, 6) is 10.0. The van der Waals surface area contributed by atoms with Gasteiger partial charge in [-0.3, -0.25) is 4.79 Å². The van der Waals surface area contributed by atoms with E-state index >= 15 is 0 Å². The second-order valence-electron chi connectivity index (χ2n) is 25.0. The van der Waals surface area contributed by atoms with Crippen LogP contribution in [0.5, 0.6) is 11.5 Å². The number of aromatic hydroxyl groups is 1. The number of aliphatic hydroxyl groups excluding tert-OH is 3. The number of benzene rings is 1. The molecular formula is C58H81N5O8S2. The Morgan fingerprint density at radius 1 is 0.986 bits per heavy atom. The van der Waals surface area contributed by atoms with Gasteiger partial charge >= 0.3 is 5.97 Å². The van der Waals surface area contributed by atoms with Crippen LogP contribution in [0.3, 0.4) is 0 Å². The zero-order valence-electron chi connectivity index (χ0n) is 42.8. The number of nitrogens with two attached hydrogens (primary N) is 1. The quantitative estimate of drug-likeness (QED) is 0.0477. The third-order valence-corrected chi connectivity index (χ3v) is 24.5. The van der Waals surface area contributed by atoms with E-state index in [1.807, 2.05) is 6.08 Å². The Morgan fingerprint density at radius 2 is 1.85 bits per heavy atom. The Hall–Kier alpha value is -2.94. The van der Waals surface area contributed by atoms with Crippen LogP contribution >= 0.6 is 21.6 Å². The Bertz CT molecular complexity index is 2420. The number of guanidine groups is 1. The fourth-order valence-corrected chi connectivity index (χ4v) is 21.6. The van der Waals surface area contributed by atoms with E-state index in [0.717, 1.165) is 63.8 Å². The van der Waals surface area contributed by atoms with Crippen molar-refractivity contribution in [3.05, 3.63) is 47.6 Å². The van der Waals surface area contributed by atoms with Crippen molar-refractivity contribution >= 4 is 33.5 Å². The predicted molar refractivity (Wildman–Crippen MR) is 285 cm³/mol. The van der Waals surface area contributed by atoms with Crippen LogP contribution in [0.4, 0.5) is 0 Å². The molecule has 7 aliphatic carbocycles. The summed E-state index contributed by atoms with van der Waals surface area (Å²) in [6, 6.07) is 2.67. The Morgan fingerprint density at radius 3 is 2.68 bits per heavy atom. The van der Waals surface area contributed by atoms with Crippen molar-refractivity contribution in [1.29, 1.82) is 0 Å². The van der Waals surface area contributed by atoms with Crippen LogP contribution in [0.2, 0.25) is 0 Å². The number of nitrogens with one attached hydrogen (secondary N) is 3. The van der Waals surface area contributed by atoms with E-state index in [0.29, 0.717) is 59.7 Å². The molecule has 13 rings (SSSR count). The summed E-state index contributed by atoms with van der Waals surface area (Å²) in [5, 5.41) is 70.8. The van der Waals surface area contributed by atoms with Crippen molar-refractivity contribution in [2.45, 2.75) is 201 Å². The molecule has 6 fully saturated rings. The van der Waals surface area contributed by atoms with E-state index in [2.05, 4.69) is 67.6 Å². The van der Waals surface area contributed by atoms with Gasteiger partial charge in [0.1, 0.15) is 12.2 Å². The van der Waals surface area contributed by atoms with Gasteiger partial charge in [-0.15, -0.1) is 0 Å². The molecule has 398 valence electrons. The molecule has 12 bridgehead atoms. The second kappa shape index (κ2) is 19.8. The number of aliphatic imine (C=N–C) groups is 1. The van der Waals surface area contributed by atoms with Crippen LogP contribution in [-0.4, -0.2) is 109 Å². The van der Waals surface area contributed by atoms with Gasteiger partial charge < -0.3 is 56.7 Å². The predicted octanol–water partition coefficient (Wildman–Crippen LogP) is 7.09. The molecule has 18 unspecified atom stereocenters. The van der Waals surface area contributed by atoms with Gasteiger partial charge in [-0.05, 0) is 156 Å². The van der Waals surface area contributed by atoms with E-state index in [9.17, 15) is 30.3 Å². The lowest BCUT2D eigenvalue weighted by Crippen LogP contribution is -2.75. The number of hydrogen-bond donors (Lipinski definition) is 9. The molecule has 13 nitrogen and oxygen atoms in total. The highest BCUT2D eigenvalue weighted by atomic mass is 33.1. The van der Waals surface area contributed by atoms with Crippen LogP contribution in [0.1, 0.15) is 153 Å². The van der Waals surface area contributed by atoms with Gasteiger partial charge in [0, 0.05) is 71.7 Å². The monoisotopic (exact) mass is 1040 g/mol. The van der Waals surface area contributed by atoms with Crippen LogP contribution < -0.4 is 26.4 Å². The molecule has 18 atom stereocenters. The van der Waals surface area contributed by atoms with Crippen molar-refractivity contribution in [2.75, 3.05) is 18.8 Å². The number of esters is 1. The highest BCUT2D eigenvalue weighted by molar-refractivity contribution is 8.77. The Labute approximate surface area is 440 Å². The van der Waals surface area contributed by atoms with Gasteiger partial charge in [-0.1, -0.05) is 77.0 Å². The van der Waals surface area contributed by atoms with Crippen molar-refractivity contribution in [2.24, 2.45) is 62.5 Å². The number of ether oxygens (including phenoxy) is 2. The maximum atomic E-state index is 13.1. The van der Waals surface area contributed by atoms with E-state index < -0.39 is 53.9 Å². The standard InChI is InChI=1S/C58H81N5O8S2/c1-34(64)70-47-28-39(65)18-24-54-23-17-35-6-3-21-56(30-40(19-25-61-56)71-48-27-36(26-42(35)47)43(52(68)69)29-46(48)66)50-16-13-41(31-60-50)73-72-33-57(63-53(59)62-49(54)9-2-10-51(54)67)32-55-20-4-7-37(55)11-15-45-44(55)14-12-38-8-5-22-58(38,45)57/h2,9,11,15,27,29,35,37-42,44-45,47,49-52,60-61,65-69H,3-8,10,12-14,16,18-22,24-26,28,30-33H2,1H3,(H3,59,62,63). The minimum atomic E-state index is -1.90. The summed E-state index contributed by atoms with van der Waals surface area (Å²) < 4.78 is 13.0. The first-order valence-corrected chi connectivity index (χ1v) is 30.8. The van der Waals surface area contributed by atoms with Gasteiger partial charge in [0.15, 0.2) is 23.7 Å². The Kier molecular flexibility index (Phi) is 13.8. The van der Waals surface area contributed by atoms with Crippen LogP contribution in [0.25, 0.3) is 0 Å². The summed E-state index contributed by atoms with van der Waals surface area (Å²) in [5.41, 5.74) is 6.75. The molecule has 10 N–H and O–H groups in total. The fourth-order valence-electron chi connectivity index (χ4n) is 18.5.